The van der Waals surface area contributed by atoms with Gasteiger partial charge in [0.25, 0.3) is 5.91 Å². The smallest absolute Gasteiger partial charge is 0.343 e. The first-order chi connectivity index (χ1) is 27.6. The van der Waals surface area contributed by atoms with Gasteiger partial charge in [-0.3, -0.25) is 19.0 Å². The molecule has 0 spiro atoms. The van der Waals surface area contributed by atoms with E-state index in [1.807, 2.05) is 9.47 Å². The zero-order valence-corrected chi connectivity index (χ0v) is 32.8. The summed E-state index contributed by atoms with van der Waals surface area (Å²) in [6.45, 7) is 3.86. The van der Waals surface area contributed by atoms with E-state index in [-0.39, 0.29) is 55.0 Å². The molecule has 2 aromatic heterocycles. The molecule has 0 amide bonds. The fourth-order valence-corrected chi connectivity index (χ4v) is 8.55. The first-order valence-electron chi connectivity index (χ1n) is 19.3. The molecule has 14 heteroatoms. The Morgan fingerprint density at radius 3 is 2.44 bits per heavy atom. The number of hydrogen-bond acceptors (Lipinski definition) is 10. The maximum Gasteiger partial charge on any atom is 0.343 e. The van der Waals surface area contributed by atoms with Crippen LogP contribution < -0.4 is 25.1 Å². The van der Waals surface area contributed by atoms with Crippen molar-refractivity contribution in [2.24, 2.45) is 5.92 Å². The second-order valence-corrected chi connectivity index (χ2v) is 15.4. The average molecular weight is 799 g/mol. The van der Waals surface area contributed by atoms with Gasteiger partial charge < -0.3 is 33.7 Å². The van der Waals surface area contributed by atoms with Crippen LogP contribution in [0.3, 0.4) is 0 Å². The summed E-state index contributed by atoms with van der Waals surface area (Å²) in [6.07, 6.45) is 5.40. The molecule has 3 fully saturated rings. The molecule has 5 aromatic rings. The summed E-state index contributed by atoms with van der Waals surface area (Å²) in [5, 5.41) is 4.79. The molecule has 1 saturated carbocycles. The number of anilines is 1. The highest BCUT2D eigenvalue weighted by molar-refractivity contribution is 6.30. The van der Waals surface area contributed by atoms with Crippen LogP contribution in [0, 0.1) is 18.7 Å². The number of nitrogens with zero attached hydrogens (tertiary/aromatic N) is 3. The Morgan fingerprint density at radius 1 is 0.947 bits per heavy atom. The van der Waals surface area contributed by atoms with Crippen molar-refractivity contribution in [3.63, 3.8) is 0 Å². The topological polar surface area (TPSA) is 130 Å². The predicted molar refractivity (Wildman–Crippen MR) is 214 cm³/mol. The summed E-state index contributed by atoms with van der Waals surface area (Å²) >= 11 is 6.04. The van der Waals surface area contributed by atoms with Crippen molar-refractivity contribution in [3.05, 3.63) is 98.2 Å². The minimum Gasteiger partial charge on any atom is -0.497 e. The number of methoxy groups -OCH3 is 2. The van der Waals surface area contributed by atoms with Crippen LogP contribution in [-0.2, 0) is 20.7 Å². The highest BCUT2D eigenvalue weighted by atomic mass is 35.5. The van der Waals surface area contributed by atoms with Gasteiger partial charge in [-0.25, -0.2) is 9.18 Å². The van der Waals surface area contributed by atoms with Crippen molar-refractivity contribution < 1.29 is 37.7 Å². The van der Waals surface area contributed by atoms with Crippen LogP contribution in [0.1, 0.15) is 70.1 Å². The Hall–Kier alpha value is -5.40. The van der Waals surface area contributed by atoms with Crippen molar-refractivity contribution in [1.29, 1.82) is 0 Å². The third kappa shape index (κ3) is 7.34. The number of aromatic nitrogens is 2. The molecule has 1 N–H and O–H groups in total. The molecule has 12 nitrogen and oxygen atoms in total. The fourth-order valence-electron chi connectivity index (χ4n) is 8.43. The number of carbonyl (C=O) groups excluding carboxylic acids is 3. The molecule has 4 heterocycles. The van der Waals surface area contributed by atoms with Gasteiger partial charge in [-0.15, -0.1) is 0 Å². The minimum atomic E-state index is -0.844. The Labute approximate surface area is 333 Å². The first kappa shape index (κ1) is 38.5. The van der Waals surface area contributed by atoms with E-state index < -0.39 is 23.2 Å². The number of fused-ring (bicyclic) bond motifs is 3. The third-order valence-corrected chi connectivity index (χ3v) is 11.7. The van der Waals surface area contributed by atoms with Crippen LogP contribution >= 0.6 is 11.6 Å². The molecule has 0 unspecified atom stereocenters. The number of hydrogen-bond donors (Lipinski definition) is 1. The molecule has 0 radical (unpaired) electrons. The molecular weight excluding hydrogens is 755 g/mol. The van der Waals surface area contributed by atoms with Gasteiger partial charge in [0.05, 0.1) is 50.3 Å². The molecule has 298 valence electrons. The Morgan fingerprint density at radius 2 is 1.72 bits per heavy atom. The normalized spacial score (nSPS) is 17.8. The number of piperidine rings is 1. The summed E-state index contributed by atoms with van der Waals surface area (Å²) in [5.74, 6) is -0.961. The molecule has 1 aliphatic carbocycles. The molecule has 0 bridgehead atoms. The quantitative estimate of drug-likeness (QED) is 0.109. The zero-order valence-electron chi connectivity index (χ0n) is 32.1. The highest BCUT2D eigenvalue weighted by Crippen LogP contribution is 2.45. The van der Waals surface area contributed by atoms with E-state index in [2.05, 4.69) is 5.32 Å². The monoisotopic (exact) mass is 798 g/mol. The van der Waals surface area contributed by atoms with Gasteiger partial charge in [0.15, 0.2) is 11.6 Å². The number of ether oxygens (including phenoxy) is 4. The number of pyridine rings is 1. The van der Waals surface area contributed by atoms with Crippen molar-refractivity contribution in [1.82, 2.24) is 14.5 Å². The summed E-state index contributed by atoms with van der Waals surface area (Å²) in [4.78, 5) is 55.9. The molecule has 57 heavy (non-hydrogen) atoms. The van der Waals surface area contributed by atoms with E-state index in [0.717, 1.165) is 32.2 Å². The van der Waals surface area contributed by atoms with Crippen molar-refractivity contribution in [3.8, 4) is 11.5 Å². The van der Waals surface area contributed by atoms with Crippen LogP contribution in [0.25, 0.3) is 21.8 Å². The lowest BCUT2D eigenvalue weighted by Gasteiger charge is -2.25. The van der Waals surface area contributed by atoms with Crippen LogP contribution in [0.5, 0.6) is 11.5 Å². The maximum atomic E-state index is 16.0. The lowest BCUT2D eigenvalue weighted by molar-refractivity contribution is -0.143. The summed E-state index contributed by atoms with van der Waals surface area (Å²) in [5.41, 5.74) is 2.21. The molecule has 8 rings (SSSR count). The number of esters is 2. The van der Waals surface area contributed by atoms with Crippen LogP contribution in [-0.4, -0.2) is 80.1 Å². The van der Waals surface area contributed by atoms with E-state index in [1.54, 1.807) is 54.0 Å². The Bertz CT molecular complexity index is 2440. The average Bonchev–Trinajstić information content (AvgIpc) is 3.91. The fraction of sp³-hybridized carbons (Fsp3) is 0.395. The zero-order chi connectivity index (χ0) is 40.0. The number of halogens is 2. The lowest BCUT2D eigenvalue weighted by atomic mass is 9.94. The number of carbonyl (C=O) groups is 3. The third-order valence-electron chi connectivity index (χ3n) is 11.4. The number of benzene rings is 3. The second-order valence-electron chi connectivity index (χ2n) is 15.0. The number of nitrogens with one attached hydrogen (secondary N) is 1. The van der Waals surface area contributed by atoms with Crippen LogP contribution in [0.4, 0.5) is 10.1 Å². The summed E-state index contributed by atoms with van der Waals surface area (Å²) in [6, 6.07) is 13.4. The number of rotatable bonds is 12. The molecular formula is C43H44ClFN4O8. The van der Waals surface area contributed by atoms with E-state index in [4.69, 9.17) is 30.5 Å². The molecule has 2 aliphatic heterocycles. The standard InChI is InChI=1S/C43H44ClFN4O8/c1-24-30(31-18-29(54-2)13-14-36(31)49(24)42(52)25-7-9-27(44)10-8-25)20-37(50)56-16-5-17-57-43(53)33-22-48(28-11-12-28)38-32(40(33)51)19-34(45)39(41(38)55-3)47-21-26-6-4-15-46-35(26)23-47/h7-10,13-14,18-19,22,26,28,35,46H,4-6,11-12,15-17,20-21,23H2,1-3H3/t26-,35+/m1/s1. The van der Waals surface area contributed by atoms with Gasteiger partial charge in [-0.1, -0.05) is 11.6 Å². The maximum absolute atomic E-state index is 16.0. The predicted octanol–water partition coefficient (Wildman–Crippen LogP) is 6.62. The summed E-state index contributed by atoms with van der Waals surface area (Å²) < 4.78 is 41.7. The van der Waals surface area contributed by atoms with E-state index in [1.165, 1.54) is 26.5 Å². The minimum absolute atomic E-state index is 0.0309. The van der Waals surface area contributed by atoms with Gasteiger partial charge in [0.2, 0.25) is 5.43 Å². The van der Waals surface area contributed by atoms with Crippen molar-refractivity contribution >= 4 is 56.9 Å². The molecule has 3 aliphatic rings. The second kappa shape index (κ2) is 15.9. The Kier molecular flexibility index (Phi) is 10.7. The van der Waals surface area contributed by atoms with Crippen molar-refractivity contribution in [2.45, 2.75) is 57.5 Å². The first-order valence-corrected chi connectivity index (χ1v) is 19.7. The van der Waals surface area contributed by atoms with Crippen LogP contribution in [0.15, 0.2) is 59.5 Å². The van der Waals surface area contributed by atoms with Crippen LogP contribution in [0.2, 0.25) is 5.02 Å². The Balaban J connectivity index is 0.946. The highest BCUT2D eigenvalue weighted by Gasteiger charge is 2.38. The van der Waals surface area contributed by atoms with E-state index in [0.29, 0.717) is 74.5 Å². The molecule has 2 atom stereocenters. The van der Waals surface area contributed by atoms with Gasteiger partial charge in [0.1, 0.15) is 17.0 Å². The van der Waals surface area contributed by atoms with E-state index in [9.17, 15) is 19.2 Å². The lowest BCUT2D eigenvalue weighted by Crippen LogP contribution is -2.40. The van der Waals surface area contributed by atoms with Gasteiger partial charge in [-0.2, -0.15) is 0 Å². The van der Waals surface area contributed by atoms with Crippen molar-refractivity contribution in [2.75, 3.05) is 52.0 Å². The summed E-state index contributed by atoms with van der Waals surface area (Å²) in [7, 11) is 3.02. The van der Waals surface area contributed by atoms with Gasteiger partial charge >= 0.3 is 11.9 Å². The SMILES string of the molecule is COc1ccc2c(c1)c(CC(=O)OCCCOC(=O)c1cn(C3CC3)c3c(OC)c(N4C[C@H]5CCCN[C@H]5C4)c(F)cc3c1=O)c(C)n2C(=O)c1ccc(Cl)cc1. The largest absolute Gasteiger partial charge is 0.497 e. The van der Waals surface area contributed by atoms with E-state index >= 15 is 4.39 Å². The van der Waals surface area contributed by atoms with Gasteiger partial charge in [0, 0.05) is 59.5 Å². The van der Waals surface area contributed by atoms with Gasteiger partial charge in [-0.05, 0) is 99.2 Å². The molecule has 3 aromatic carbocycles. The molecule has 2 saturated heterocycles.